The van der Waals surface area contributed by atoms with Gasteiger partial charge in [-0.3, -0.25) is 4.79 Å². The smallest absolute Gasteiger partial charge is 0.311 e. The highest BCUT2D eigenvalue weighted by atomic mass is 16.6. The van der Waals surface area contributed by atoms with E-state index in [0.29, 0.717) is 6.42 Å². The van der Waals surface area contributed by atoms with Gasteiger partial charge in [0.25, 0.3) is 0 Å². The van der Waals surface area contributed by atoms with Crippen LogP contribution >= 0.6 is 0 Å². The molecule has 0 aromatic carbocycles. The average molecular weight is 188 g/mol. The quantitative estimate of drug-likeness (QED) is 0.683. The minimum absolute atomic E-state index is 0.122. The van der Waals surface area contributed by atoms with E-state index < -0.39 is 5.60 Å². The van der Waals surface area contributed by atoms with Crippen molar-refractivity contribution in [2.45, 2.75) is 46.1 Å². The van der Waals surface area contributed by atoms with Crippen molar-refractivity contribution >= 4 is 5.97 Å². The van der Waals surface area contributed by atoms with E-state index in [-0.39, 0.29) is 18.5 Å². The SMILES string of the molecule is CCC[C@@H](CO)C(=O)OC(C)(C)C. The Balaban J connectivity index is 4.06. The van der Waals surface area contributed by atoms with E-state index in [4.69, 9.17) is 9.84 Å². The molecule has 0 spiro atoms. The fraction of sp³-hybridized carbons (Fsp3) is 0.900. The van der Waals surface area contributed by atoms with Gasteiger partial charge >= 0.3 is 5.97 Å². The highest BCUT2D eigenvalue weighted by molar-refractivity contribution is 5.72. The van der Waals surface area contributed by atoms with Gasteiger partial charge in [0.1, 0.15) is 5.60 Å². The third-order valence-electron chi connectivity index (χ3n) is 1.60. The predicted octanol–water partition coefficient (Wildman–Crippen LogP) is 1.74. The molecule has 0 heterocycles. The van der Waals surface area contributed by atoms with Crippen molar-refractivity contribution in [3.8, 4) is 0 Å². The van der Waals surface area contributed by atoms with Crippen LogP contribution in [0.3, 0.4) is 0 Å². The summed E-state index contributed by atoms with van der Waals surface area (Å²) in [5.74, 6) is -0.652. The molecular formula is C10H20O3. The first kappa shape index (κ1) is 12.4. The van der Waals surface area contributed by atoms with Crippen molar-refractivity contribution in [2.24, 2.45) is 5.92 Å². The largest absolute Gasteiger partial charge is 0.460 e. The number of hydrogen-bond donors (Lipinski definition) is 1. The summed E-state index contributed by atoms with van der Waals surface area (Å²) < 4.78 is 5.14. The number of carbonyl (C=O) groups excluding carboxylic acids is 1. The first-order valence-electron chi connectivity index (χ1n) is 4.74. The molecule has 13 heavy (non-hydrogen) atoms. The molecule has 0 fully saturated rings. The van der Waals surface area contributed by atoms with Crippen molar-refractivity contribution in [2.75, 3.05) is 6.61 Å². The molecule has 0 aromatic rings. The molecule has 3 heteroatoms. The molecule has 3 nitrogen and oxygen atoms in total. The summed E-state index contributed by atoms with van der Waals surface area (Å²) in [6, 6.07) is 0. The summed E-state index contributed by atoms with van der Waals surface area (Å²) in [4.78, 5) is 11.4. The van der Waals surface area contributed by atoms with Gasteiger partial charge in [0.05, 0.1) is 12.5 Å². The maximum atomic E-state index is 11.4. The Bertz CT molecular complexity index is 158. The maximum Gasteiger partial charge on any atom is 0.311 e. The van der Waals surface area contributed by atoms with E-state index in [1.165, 1.54) is 0 Å². The number of rotatable bonds is 4. The van der Waals surface area contributed by atoms with Gasteiger partial charge in [0, 0.05) is 0 Å². The summed E-state index contributed by atoms with van der Waals surface area (Å²) in [6.07, 6.45) is 1.57. The number of aliphatic hydroxyl groups excluding tert-OH is 1. The maximum absolute atomic E-state index is 11.4. The fourth-order valence-corrected chi connectivity index (χ4v) is 1.02. The van der Waals surface area contributed by atoms with Crippen LogP contribution in [0.25, 0.3) is 0 Å². The van der Waals surface area contributed by atoms with Crippen molar-refractivity contribution < 1.29 is 14.6 Å². The van der Waals surface area contributed by atoms with Crippen molar-refractivity contribution in [1.29, 1.82) is 0 Å². The van der Waals surface area contributed by atoms with Crippen LogP contribution < -0.4 is 0 Å². The highest BCUT2D eigenvalue weighted by Crippen LogP contribution is 2.14. The zero-order valence-electron chi connectivity index (χ0n) is 8.96. The number of ether oxygens (including phenoxy) is 1. The second-order valence-corrected chi connectivity index (χ2v) is 4.20. The second-order valence-electron chi connectivity index (χ2n) is 4.20. The van der Waals surface area contributed by atoms with Crippen LogP contribution in [0.5, 0.6) is 0 Å². The lowest BCUT2D eigenvalue weighted by Gasteiger charge is -2.22. The molecule has 1 atom stereocenters. The molecule has 1 N–H and O–H groups in total. The zero-order valence-corrected chi connectivity index (χ0v) is 8.96. The van der Waals surface area contributed by atoms with Gasteiger partial charge in [-0.05, 0) is 27.2 Å². The third-order valence-corrected chi connectivity index (χ3v) is 1.60. The molecule has 0 rings (SSSR count). The van der Waals surface area contributed by atoms with Gasteiger partial charge in [0.15, 0.2) is 0 Å². The van der Waals surface area contributed by atoms with Crippen LogP contribution in [0.1, 0.15) is 40.5 Å². The lowest BCUT2D eigenvalue weighted by molar-refractivity contribution is -0.161. The zero-order chi connectivity index (χ0) is 10.5. The lowest BCUT2D eigenvalue weighted by atomic mass is 10.0. The fourth-order valence-electron chi connectivity index (χ4n) is 1.02. The van der Waals surface area contributed by atoms with Crippen LogP contribution in [0.15, 0.2) is 0 Å². The Morgan fingerprint density at radius 2 is 2.00 bits per heavy atom. The molecule has 78 valence electrons. The van der Waals surface area contributed by atoms with Gasteiger partial charge in [-0.25, -0.2) is 0 Å². The van der Waals surface area contributed by atoms with E-state index in [9.17, 15) is 4.79 Å². The normalized spacial score (nSPS) is 13.9. The summed E-state index contributed by atoms with van der Waals surface area (Å²) in [5.41, 5.74) is -0.460. The molecule has 0 unspecified atom stereocenters. The van der Waals surface area contributed by atoms with Gasteiger partial charge in [-0.1, -0.05) is 13.3 Å². The first-order valence-corrected chi connectivity index (χ1v) is 4.74. The van der Waals surface area contributed by atoms with Crippen molar-refractivity contribution in [1.82, 2.24) is 0 Å². The van der Waals surface area contributed by atoms with Crippen LogP contribution in [-0.4, -0.2) is 23.3 Å². The topological polar surface area (TPSA) is 46.5 Å². The Morgan fingerprint density at radius 1 is 1.46 bits per heavy atom. The van der Waals surface area contributed by atoms with E-state index >= 15 is 0 Å². The Hall–Kier alpha value is -0.570. The van der Waals surface area contributed by atoms with Gasteiger partial charge < -0.3 is 9.84 Å². The molecular weight excluding hydrogens is 168 g/mol. The minimum atomic E-state index is -0.460. The Labute approximate surface area is 80.1 Å². The summed E-state index contributed by atoms with van der Waals surface area (Å²) in [5, 5.41) is 8.92. The van der Waals surface area contributed by atoms with Crippen LogP contribution in [0, 0.1) is 5.92 Å². The Kier molecular flexibility index (Phi) is 4.99. The van der Waals surface area contributed by atoms with Gasteiger partial charge in [-0.15, -0.1) is 0 Å². The van der Waals surface area contributed by atoms with Gasteiger partial charge in [0.2, 0.25) is 0 Å². The third kappa shape index (κ3) is 5.64. The van der Waals surface area contributed by atoms with Gasteiger partial charge in [-0.2, -0.15) is 0 Å². The van der Waals surface area contributed by atoms with Crippen LogP contribution in [0.4, 0.5) is 0 Å². The van der Waals surface area contributed by atoms with E-state index in [1.54, 1.807) is 0 Å². The molecule has 0 radical (unpaired) electrons. The van der Waals surface area contributed by atoms with E-state index in [0.717, 1.165) is 6.42 Å². The van der Waals surface area contributed by atoms with Crippen molar-refractivity contribution in [3.63, 3.8) is 0 Å². The molecule has 0 saturated heterocycles. The van der Waals surface area contributed by atoms with E-state index in [1.807, 2.05) is 27.7 Å². The number of esters is 1. The monoisotopic (exact) mass is 188 g/mol. The molecule has 0 saturated carbocycles. The standard InChI is InChI=1S/C10H20O3/c1-5-6-8(7-11)9(12)13-10(2,3)4/h8,11H,5-7H2,1-4H3/t8-/m0/s1. The van der Waals surface area contributed by atoms with E-state index in [2.05, 4.69) is 0 Å². The predicted molar refractivity (Wildman–Crippen MR) is 51.3 cm³/mol. The Morgan fingerprint density at radius 3 is 2.31 bits per heavy atom. The van der Waals surface area contributed by atoms with Crippen molar-refractivity contribution in [3.05, 3.63) is 0 Å². The number of hydrogen-bond acceptors (Lipinski definition) is 3. The highest BCUT2D eigenvalue weighted by Gasteiger charge is 2.23. The molecule has 0 aliphatic rings. The molecule has 0 bridgehead atoms. The molecule has 0 aromatic heterocycles. The first-order chi connectivity index (χ1) is 5.90. The molecule has 0 amide bonds. The lowest BCUT2D eigenvalue weighted by Crippen LogP contribution is -2.30. The average Bonchev–Trinajstić information content (AvgIpc) is 1.96. The second kappa shape index (κ2) is 5.22. The minimum Gasteiger partial charge on any atom is -0.460 e. The summed E-state index contributed by atoms with van der Waals surface area (Å²) in [6.45, 7) is 7.33. The number of carbonyl (C=O) groups is 1. The molecule has 0 aliphatic heterocycles. The molecule has 0 aliphatic carbocycles. The number of aliphatic hydroxyl groups is 1. The summed E-state index contributed by atoms with van der Waals surface area (Å²) in [7, 11) is 0. The van der Waals surface area contributed by atoms with Crippen LogP contribution in [-0.2, 0) is 9.53 Å². The van der Waals surface area contributed by atoms with Crippen LogP contribution in [0.2, 0.25) is 0 Å². The summed E-state index contributed by atoms with van der Waals surface area (Å²) >= 11 is 0.